The van der Waals surface area contributed by atoms with Gasteiger partial charge in [0.15, 0.2) is 0 Å². The molecule has 2 heterocycles. The molecule has 0 atom stereocenters. The highest BCUT2D eigenvalue weighted by Gasteiger charge is 2.08. The lowest BCUT2D eigenvalue weighted by molar-refractivity contribution is 0.102. The van der Waals surface area contributed by atoms with E-state index in [2.05, 4.69) is 25.6 Å². The minimum atomic E-state index is -0.203. The third-order valence-electron chi connectivity index (χ3n) is 4.47. The first kappa shape index (κ1) is 19.1. The van der Waals surface area contributed by atoms with Crippen molar-refractivity contribution >= 4 is 23.1 Å². The van der Waals surface area contributed by atoms with Crippen LogP contribution in [0.25, 0.3) is 5.82 Å². The van der Waals surface area contributed by atoms with Crippen LogP contribution < -0.4 is 15.4 Å². The van der Waals surface area contributed by atoms with E-state index < -0.39 is 0 Å². The highest BCUT2D eigenvalue weighted by molar-refractivity contribution is 6.04. The quantitative estimate of drug-likeness (QED) is 0.509. The summed E-state index contributed by atoms with van der Waals surface area (Å²) in [5, 5.41) is 6.12. The number of imidazole rings is 1. The molecule has 0 spiro atoms. The minimum Gasteiger partial charge on any atom is -0.497 e. The summed E-state index contributed by atoms with van der Waals surface area (Å²) in [6.07, 6.45) is 5.07. The number of nitrogens with zero attached hydrogens (tertiary/aromatic N) is 4. The normalized spacial score (nSPS) is 10.5. The summed E-state index contributed by atoms with van der Waals surface area (Å²) >= 11 is 0. The number of aromatic nitrogens is 4. The molecule has 0 aliphatic carbocycles. The van der Waals surface area contributed by atoms with Gasteiger partial charge < -0.3 is 15.4 Å². The van der Waals surface area contributed by atoms with E-state index in [9.17, 15) is 4.79 Å². The number of anilines is 3. The van der Waals surface area contributed by atoms with Gasteiger partial charge in [-0.25, -0.2) is 15.0 Å². The summed E-state index contributed by atoms with van der Waals surface area (Å²) in [4.78, 5) is 25.2. The van der Waals surface area contributed by atoms with Gasteiger partial charge in [0.05, 0.1) is 7.11 Å². The predicted molar refractivity (Wildman–Crippen MR) is 115 cm³/mol. The first-order valence-corrected chi connectivity index (χ1v) is 9.27. The van der Waals surface area contributed by atoms with Gasteiger partial charge in [0.2, 0.25) is 0 Å². The van der Waals surface area contributed by atoms with Gasteiger partial charge in [-0.15, -0.1) is 0 Å². The summed E-state index contributed by atoms with van der Waals surface area (Å²) in [5.74, 6) is 2.66. The van der Waals surface area contributed by atoms with E-state index in [1.807, 2.05) is 48.0 Å². The summed E-state index contributed by atoms with van der Waals surface area (Å²) in [6.45, 7) is 1.91. The van der Waals surface area contributed by atoms with Crippen LogP contribution >= 0.6 is 0 Å². The molecule has 1 amide bonds. The summed E-state index contributed by atoms with van der Waals surface area (Å²) in [6, 6.07) is 16.2. The summed E-state index contributed by atoms with van der Waals surface area (Å²) in [7, 11) is 1.57. The molecule has 2 N–H and O–H groups in total. The highest BCUT2D eigenvalue weighted by atomic mass is 16.5. The fourth-order valence-corrected chi connectivity index (χ4v) is 2.92. The number of rotatable bonds is 6. The molecule has 0 saturated heterocycles. The van der Waals surface area contributed by atoms with Crippen molar-refractivity contribution in [2.75, 3.05) is 17.7 Å². The molecule has 2 aromatic heterocycles. The third-order valence-corrected chi connectivity index (χ3v) is 4.47. The second kappa shape index (κ2) is 8.44. The third kappa shape index (κ3) is 4.27. The van der Waals surface area contributed by atoms with Crippen molar-refractivity contribution in [1.82, 2.24) is 19.5 Å². The Kier molecular flexibility index (Phi) is 5.38. The fourth-order valence-electron chi connectivity index (χ4n) is 2.92. The molecule has 2 aromatic carbocycles. The minimum absolute atomic E-state index is 0.203. The van der Waals surface area contributed by atoms with E-state index >= 15 is 0 Å². The Morgan fingerprint density at radius 3 is 2.53 bits per heavy atom. The molecule has 30 heavy (non-hydrogen) atoms. The van der Waals surface area contributed by atoms with Crippen molar-refractivity contribution in [2.45, 2.75) is 6.92 Å². The number of nitrogens with one attached hydrogen (secondary N) is 2. The zero-order valence-electron chi connectivity index (χ0n) is 16.5. The first-order valence-electron chi connectivity index (χ1n) is 9.27. The average Bonchev–Trinajstić information content (AvgIpc) is 3.21. The van der Waals surface area contributed by atoms with E-state index in [1.165, 1.54) is 6.33 Å². The van der Waals surface area contributed by atoms with Gasteiger partial charge in [0.25, 0.3) is 5.91 Å². The Balaban J connectivity index is 1.44. The maximum atomic E-state index is 12.4. The van der Waals surface area contributed by atoms with Gasteiger partial charge in [-0.05, 0) is 49.4 Å². The Labute approximate surface area is 173 Å². The number of benzene rings is 2. The van der Waals surface area contributed by atoms with Gasteiger partial charge >= 0.3 is 0 Å². The van der Waals surface area contributed by atoms with Gasteiger partial charge in [-0.3, -0.25) is 9.36 Å². The average molecular weight is 400 g/mol. The van der Waals surface area contributed by atoms with Gasteiger partial charge in [0.1, 0.15) is 29.5 Å². The number of carbonyl (C=O) groups excluding carboxylic acids is 1. The number of carbonyl (C=O) groups is 1. The number of amides is 1. The van der Waals surface area contributed by atoms with Crippen molar-refractivity contribution in [1.29, 1.82) is 0 Å². The van der Waals surface area contributed by atoms with Crippen LogP contribution in [-0.4, -0.2) is 32.5 Å². The van der Waals surface area contributed by atoms with E-state index in [0.717, 1.165) is 17.3 Å². The molecule has 0 radical (unpaired) electrons. The Morgan fingerprint density at radius 1 is 1.00 bits per heavy atom. The monoisotopic (exact) mass is 400 g/mol. The first-order chi connectivity index (χ1) is 14.6. The van der Waals surface area contributed by atoms with E-state index in [-0.39, 0.29) is 5.91 Å². The standard InChI is InChI=1S/C22H20N6O2/c1-15-23-10-11-28(15)21-13-20(24-14-25-21)26-17-6-8-18(9-7-17)27-22(29)16-4-3-5-19(12-16)30-2/h3-14H,1-2H3,(H,27,29)(H,24,25,26). The molecule has 150 valence electrons. The largest absolute Gasteiger partial charge is 0.497 e. The van der Waals surface area contributed by atoms with E-state index in [0.29, 0.717) is 22.8 Å². The van der Waals surface area contributed by atoms with Gasteiger partial charge in [-0.2, -0.15) is 0 Å². The number of aryl methyl sites for hydroxylation is 1. The molecule has 0 aliphatic rings. The molecule has 0 saturated carbocycles. The molecular formula is C22H20N6O2. The lowest BCUT2D eigenvalue weighted by atomic mass is 10.2. The Morgan fingerprint density at radius 2 is 1.80 bits per heavy atom. The molecule has 0 aliphatic heterocycles. The topological polar surface area (TPSA) is 94.0 Å². The smallest absolute Gasteiger partial charge is 0.255 e. The van der Waals surface area contributed by atoms with Gasteiger partial charge in [-0.1, -0.05) is 6.07 Å². The summed E-state index contributed by atoms with van der Waals surface area (Å²) < 4.78 is 7.04. The SMILES string of the molecule is COc1cccc(C(=O)Nc2ccc(Nc3cc(-n4ccnc4C)ncn3)cc2)c1. The maximum absolute atomic E-state index is 12.4. The predicted octanol–water partition coefficient (Wildman–Crippen LogP) is 3.98. The molecular weight excluding hydrogens is 380 g/mol. The van der Waals surface area contributed by atoms with Crippen LogP contribution in [0.5, 0.6) is 5.75 Å². The highest BCUT2D eigenvalue weighted by Crippen LogP contribution is 2.20. The van der Waals surface area contributed by atoms with Crippen molar-refractivity contribution < 1.29 is 9.53 Å². The molecule has 0 fully saturated rings. The van der Waals surface area contributed by atoms with Crippen molar-refractivity contribution in [3.05, 3.63) is 84.7 Å². The Bertz CT molecular complexity index is 1170. The lowest BCUT2D eigenvalue weighted by Gasteiger charge is -2.10. The number of hydrogen-bond donors (Lipinski definition) is 2. The molecule has 4 rings (SSSR count). The molecule has 0 unspecified atom stereocenters. The number of methoxy groups -OCH3 is 1. The Hall–Kier alpha value is -4.20. The van der Waals surface area contributed by atoms with Crippen LogP contribution in [0.2, 0.25) is 0 Å². The van der Waals surface area contributed by atoms with Crippen molar-refractivity contribution in [3.63, 3.8) is 0 Å². The van der Waals surface area contributed by atoms with Crippen LogP contribution in [0.15, 0.2) is 73.3 Å². The van der Waals surface area contributed by atoms with E-state index in [4.69, 9.17) is 4.74 Å². The lowest BCUT2D eigenvalue weighted by Crippen LogP contribution is -2.11. The summed E-state index contributed by atoms with van der Waals surface area (Å²) in [5.41, 5.74) is 2.05. The van der Waals surface area contributed by atoms with Crippen LogP contribution in [-0.2, 0) is 0 Å². The van der Waals surface area contributed by atoms with E-state index in [1.54, 1.807) is 37.6 Å². The molecule has 8 nitrogen and oxygen atoms in total. The van der Waals surface area contributed by atoms with Crippen LogP contribution in [0.3, 0.4) is 0 Å². The van der Waals surface area contributed by atoms with Crippen LogP contribution in [0.4, 0.5) is 17.2 Å². The molecule has 4 aromatic rings. The number of ether oxygens (including phenoxy) is 1. The zero-order valence-corrected chi connectivity index (χ0v) is 16.5. The van der Waals surface area contributed by atoms with Crippen LogP contribution in [0.1, 0.15) is 16.2 Å². The molecule has 8 heteroatoms. The second-order valence-electron chi connectivity index (χ2n) is 6.49. The van der Waals surface area contributed by atoms with Crippen molar-refractivity contribution in [3.8, 4) is 11.6 Å². The zero-order chi connectivity index (χ0) is 20.9. The van der Waals surface area contributed by atoms with Crippen LogP contribution in [0, 0.1) is 6.92 Å². The van der Waals surface area contributed by atoms with Crippen molar-refractivity contribution in [2.24, 2.45) is 0 Å². The maximum Gasteiger partial charge on any atom is 0.255 e. The molecule has 0 bridgehead atoms. The van der Waals surface area contributed by atoms with Gasteiger partial charge in [0, 0.05) is 35.4 Å². The number of hydrogen-bond acceptors (Lipinski definition) is 6. The second-order valence-corrected chi connectivity index (χ2v) is 6.49. The fraction of sp³-hybridized carbons (Fsp3) is 0.0909.